The lowest BCUT2D eigenvalue weighted by Crippen LogP contribution is -2.14. The van der Waals surface area contributed by atoms with E-state index in [2.05, 4.69) is 65.8 Å². The standard InChI is InChI=1S/C25H25N5/c1-2-24-28-25(21-8-5-13-26-17-21)29-30(24)23-11-9-22(10-12-23)27-16-18-14-19-6-3-4-7-20(19)15-18/h3-13,17-18,27H,2,14-16H2,1H3. The van der Waals surface area contributed by atoms with Gasteiger partial charge in [-0.1, -0.05) is 31.2 Å². The number of nitrogens with one attached hydrogen (secondary N) is 1. The number of hydrogen-bond acceptors (Lipinski definition) is 4. The Hall–Kier alpha value is -3.47. The van der Waals surface area contributed by atoms with Gasteiger partial charge in [0.05, 0.1) is 5.69 Å². The van der Waals surface area contributed by atoms with Crippen LogP contribution < -0.4 is 5.32 Å². The Morgan fingerprint density at radius 3 is 2.40 bits per heavy atom. The molecule has 0 radical (unpaired) electrons. The van der Waals surface area contributed by atoms with Crippen molar-refractivity contribution in [1.82, 2.24) is 19.7 Å². The highest BCUT2D eigenvalue weighted by Crippen LogP contribution is 2.27. The monoisotopic (exact) mass is 395 g/mol. The van der Waals surface area contributed by atoms with Crippen molar-refractivity contribution in [2.45, 2.75) is 26.2 Å². The number of rotatable bonds is 6. The number of anilines is 1. The molecule has 5 nitrogen and oxygen atoms in total. The molecule has 0 atom stereocenters. The van der Waals surface area contributed by atoms with Crippen molar-refractivity contribution in [3.63, 3.8) is 0 Å². The van der Waals surface area contributed by atoms with E-state index >= 15 is 0 Å². The lowest BCUT2D eigenvalue weighted by molar-refractivity contribution is 0.593. The first-order valence-corrected chi connectivity index (χ1v) is 10.6. The van der Waals surface area contributed by atoms with Crippen LogP contribution in [0.15, 0.2) is 73.1 Å². The minimum Gasteiger partial charge on any atom is -0.385 e. The molecule has 0 fully saturated rings. The van der Waals surface area contributed by atoms with Gasteiger partial charge in [-0.3, -0.25) is 4.98 Å². The van der Waals surface area contributed by atoms with Crippen LogP contribution in [0.25, 0.3) is 17.1 Å². The molecule has 5 rings (SSSR count). The van der Waals surface area contributed by atoms with Gasteiger partial charge in [0.15, 0.2) is 5.82 Å². The zero-order chi connectivity index (χ0) is 20.3. The first-order valence-electron chi connectivity index (χ1n) is 10.6. The number of aryl methyl sites for hydroxylation is 1. The summed E-state index contributed by atoms with van der Waals surface area (Å²) >= 11 is 0. The molecule has 0 aliphatic heterocycles. The number of pyridine rings is 1. The summed E-state index contributed by atoms with van der Waals surface area (Å²) in [7, 11) is 0. The van der Waals surface area contributed by atoms with Crippen LogP contribution in [0.4, 0.5) is 5.69 Å². The Morgan fingerprint density at radius 1 is 0.967 bits per heavy atom. The summed E-state index contributed by atoms with van der Waals surface area (Å²) in [6, 6.07) is 21.2. The number of aromatic nitrogens is 4. The number of fused-ring (bicyclic) bond motifs is 1. The predicted molar refractivity (Wildman–Crippen MR) is 120 cm³/mol. The average molecular weight is 396 g/mol. The van der Waals surface area contributed by atoms with Crippen molar-refractivity contribution in [3.05, 3.63) is 90.0 Å². The maximum absolute atomic E-state index is 4.73. The van der Waals surface area contributed by atoms with E-state index in [4.69, 9.17) is 10.1 Å². The maximum Gasteiger partial charge on any atom is 0.183 e. The van der Waals surface area contributed by atoms with Crippen LogP contribution in [0.3, 0.4) is 0 Å². The van der Waals surface area contributed by atoms with Crippen LogP contribution in [0, 0.1) is 5.92 Å². The van der Waals surface area contributed by atoms with Gasteiger partial charge in [-0.2, -0.15) is 0 Å². The summed E-state index contributed by atoms with van der Waals surface area (Å²) in [5, 5.41) is 8.33. The van der Waals surface area contributed by atoms with Gasteiger partial charge in [0.25, 0.3) is 0 Å². The van der Waals surface area contributed by atoms with Gasteiger partial charge in [-0.15, -0.1) is 5.10 Å². The number of benzene rings is 2. The van der Waals surface area contributed by atoms with E-state index in [1.165, 1.54) is 11.1 Å². The van der Waals surface area contributed by atoms with Crippen LogP contribution in [-0.4, -0.2) is 26.3 Å². The van der Waals surface area contributed by atoms with Gasteiger partial charge in [0, 0.05) is 36.6 Å². The Labute approximate surface area is 176 Å². The fraction of sp³-hybridized carbons (Fsp3) is 0.240. The average Bonchev–Trinajstić information content (AvgIpc) is 3.42. The molecule has 0 amide bonds. The highest BCUT2D eigenvalue weighted by atomic mass is 15.3. The van der Waals surface area contributed by atoms with Crippen molar-refractivity contribution in [1.29, 1.82) is 0 Å². The van der Waals surface area contributed by atoms with Crippen molar-refractivity contribution >= 4 is 5.69 Å². The smallest absolute Gasteiger partial charge is 0.183 e. The molecule has 0 spiro atoms. The fourth-order valence-electron chi connectivity index (χ4n) is 4.17. The summed E-state index contributed by atoms with van der Waals surface area (Å²) in [5.74, 6) is 2.31. The third kappa shape index (κ3) is 3.71. The summed E-state index contributed by atoms with van der Waals surface area (Å²) in [4.78, 5) is 8.88. The molecule has 0 saturated heterocycles. The third-order valence-corrected chi connectivity index (χ3v) is 5.75. The second-order valence-electron chi connectivity index (χ2n) is 7.83. The zero-order valence-electron chi connectivity index (χ0n) is 17.1. The molecule has 1 N–H and O–H groups in total. The Morgan fingerprint density at radius 2 is 1.73 bits per heavy atom. The molecule has 2 heterocycles. The van der Waals surface area contributed by atoms with Gasteiger partial charge >= 0.3 is 0 Å². The van der Waals surface area contributed by atoms with Crippen molar-refractivity contribution < 1.29 is 0 Å². The molecule has 150 valence electrons. The molecule has 30 heavy (non-hydrogen) atoms. The topological polar surface area (TPSA) is 55.6 Å². The lowest BCUT2D eigenvalue weighted by atomic mass is 10.1. The Kier molecular flexibility index (Phi) is 5.01. The van der Waals surface area contributed by atoms with E-state index in [1.54, 1.807) is 12.4 Å². The Bertz CT molecular complexity index is 1110. The fourth-order valence-corrected chi connectivity index (χ4v) is 4.17. The summed E-state index contributed by atoms with van der Waals surface area (Å²) < 4.78 is 1.93. The highest BCUT2D eigenvalue weighted by Gasteiger charge is 2.20. The van der Waals surface area contributed by atoms with Gasteiger partial charge in [0.2, 0.25) is 0 Å². The molecular formula is C25H25N5. The predicted octanol–water partition coefficient (Wildman–Crippen LogP) is 4.72. The zero-order valence-corrected chi connectivity index (χ0v) is 17.1. The first-order chi connectivity index (χ1) is 14.8. The van der Waals surface area contributed by atoms with Crippen LogP contribution in [-0.2, 0) is 19.3 Å². The van der Waals surface area contributed by atoms with E-state index in [0.717, 1.165) is 48.6 Å². The SMILES string of the molecule is CCc1nc(-c2cccnc2)nn1-c1ccc(NCC2Cc3ccccc3C2)cc1. The molecule has 2 aromatic heterocycles. The van der Waals surface area contributed by atoms with Crippen molar-refractivity contribution in [2.24, 2.45) is 5.92 Å². The van der Waals surface area contributed by atoms with E-state index in [0.29, 0.717) is 11.7 Å². The normalized spacial score (nSPS) is 13.4. The van der Waals surface area contributed by atoms with Crippen LogP contribution in [0.2, 0.25) is 0 Å². The maximum atomic E-state index is 4.73. The molecule has 5 heteroatoms. The molecule has 2 aromatic carbocycles. The van der Waals surface area contributed by atoms with Gasteiger partial charge in [-0.05, 0) is 66.3 Å². The lowest BCUT2D eigenvalue weighted by Gasteiger charge is -2.12. The second-order valence-corrected chi connectivity index (χ2v) is 7.83. The minimum atomic E-state index is 0.658. The number of nitrogens with zero attached hydrogens (tertiary/aromatic N) is 4. The molecule has 0 saturated carbocycles. The summed E-state index contributed by atoms with van der Waals surface area (Å²) in [5.41, 5.74) is 6.10. The van der Waals surface area contributed by atoms with Crippen LogP contribution in [0.5, 0.6) is 0 Å². The van der Waals surface area contributed by atoms with Gasteiger partial charge in [0.1, 0.15) is 5.82 Å². The van der Waals surface area contributed by atoms with Crippen LogP contribution >= 0.6 is 0 Å². The van der Waals surface area contributed by atoms with Crippen molar-refractivity contribution in [2.75, 3.05) is 11.9 Å². The summed E-state index contributed by atoms with van der Waals surface area (Å²) in [6.45, 7) is 3.09. The number of hydrogen-bond donors (Lipinski definition) is 1. The molecule has 1 aliphatic rings. The van der Waals surface area contributed by atoms with E-state index in [1.807, 2.05) is 16.8 Å². The van der Waals surface area contributed by atoms with E-state index in [-0.39, 0.29) is 0 Å². The Balaban J connectivity index is 1.28. The van der Waals surface area contributed by atoms with E-state index < -0.39 is 0 Å². The molecule has 1 aliphatic carbocycles. The van der Waals surface area contributed by atoms with Gasteiger partial charge in [-0.25, -0.2) is 9.67 Å². The molecule has 0 bridgehead atoms. The largest absolute Gasteiger partial charge is 0.385 e. The molecule has 4 aromatic rings. The third-order valence-electron chi connectivity index (χ3n) is 5.75. The van der Waals surface area contributed by atoms with Gasteiger partial charge < -0.3 is 5.32 Å². The van der Waals surface area contributed by atoms with E-state index in [9.17, 15) is 0 Å². The second kappa shape index (κ2) is 8.11. The highest BCUT2D eigenvalue weighted by molar-refractivity contribution is 5.54. The van der Waals surface area contributed by atoms with Crippen LogP contribution in [0.1, 0.15) is 23.9 Å². The molecule has 0 unspecified atom stereocenters. The molecular weight excluding hydrogens is 370 g/mol. The first kappa shape index (κ1) is 18.6. The van der Waals surface area contributed by atoms with Crippen molar-refractivity contribution in [3.8, 4) is 17.1 Å². The summed E-state index contributed by atoms with van der Waals surface area (Å²) in [6.07, 6.45) is 6.70. The quantitative estimate of drug-likeness (QED) is 0.513. The minimum absolute atomic E-state index is 0.658.